The molecule has 0 fully saturated rings. The Morgan fingerprint density at radius 1 is 1.19 bits per heavy atom. The topological polar surface area (TPSA) is 90.1 Å². The molecule has 0 aliphatic heterocycles. The van der Waals surface area contributed by atoms with Gasteiger partial charge in [0.2, 0.25) is 11.0 Å². The number of nitrogens with zero attached hydrogens (tertiary/aromatic N) is 3. The minimum Gasteiger partial charge on any atom is -0.497 e. The van der Waals surface area contributed by atoms with Crippen molar-refractivity contribution >= 4 is 22.4 Å². The van der Waals surface area contributed by atoms with Gasteiger partial charge in [-0.2, -0.15) is 0 Å². The third-order valence-electron chi connectivity index (χ3n) is 4.02. The van der Waals surface area contributed by atoms with Crippen molar-refractivity contribution in [3.05, 3.63) is 51.9 Å². The van der Waals surface area contributed by atoms with Crippen molar-refractivity contribution in [2.45, 2.75) is 33.1 Å². The van der Waals surface area contributed by atoms with Crippen LogP contribution in [0.1, 0.15) is 27.6 Å². The number of anilines is 1. The van der Waals surface area contributed by atoms with E-state index in [0.29, 0.717) is 10.9 Å². The Hall–Kier alpha value is -2.74. The van der Waals surface area contributed by atoms with Crippen molar-refractivity contribution in [3.63, 3.8) is 0 Å². The molecule has 0 bridgehead atoms. The first-order valence-corrected chi connectivity index (χ1v) is 9.03. The maximum atomic E-state index is 12.2. The summed E-state index contributed by atoms with van der Waals surface area (Å²) in [6.07, 6.45) is 1.83. The van der Waals surface area contributed by atoms with Crippen molar-refractivity contribution in [1.29, 1.82) is 0 Å². The van der Waals surface area contributed by atoms with E-state index in [1.54, 1.807) is 14.0 Å². The van der Waals surface area contributed by atoms with E-state index < -0.39 is 0 Å². The minimum atomic E-state index is -0.155. The Balaban J connectivity index is 1.53. The highest BCUT2D eigenvalue weighted by molar-refractivity contribution is 7.15. The summed E-state index contributed by atoms with van der Waals surface area (Å²) in [6.45, 7) is 3.62. The number of carbonyl (C=O) groups is 1. The second-order valence-electron chi connectivity index (χ2n) is 5.88. The standard InChI is InChI=1S/C18H20N4O3S/c1-11-15(12(2)25-22-11)10-16(23)19-18-21-20-17(26-18)9-6-13-4-7-14(24-3)8-5-13/h4-5,7-8H,6,9-10H2,1-3H3,(H,19,21,23). The second kappa shape index (κ2) is 8.09. The van der Waals surface area contributed by atoms with Crippen LogP contribution in [0, 0.1) is 13.8 Å². The van der Waals surface area contributed by atoms with Gasteiger partial charge in [-0.15, -0.1) is 10.2 Å². The van der Waals surface area contributed by atoms with Crippen LogP contribution in [-0.4, -0.2) is 28.4 Å². The number of ether oxygens (including phenoxy) is 1. The number of rotatable bonds is 7. The maximum absolute atomic E-state index is 12.2. The molecular formula is C18H20N4O3S. The summed E-state index contributed by atoms with van der Waals surface area (Å²) < 4.78 is 10.2. The highest BCUT2D eigenvalue weighted by atomic mass is 32.1. The number of aromatic nitrogens is 3. The van der Waals surface area contributed by atoms with Gasteiger partial charge in [0.25, 0.3) is 0 Å². The van der Waals surface area contributed by atoms with E-state index in [1.807, 2.05) is 31.2 Å². The van der Waals surface area contributed by atoms with Gasteiger partial charge in [0.1, 0.15) is 16.5 Å². The maximum Gasteiger partial charge on any atom is 0.230 e. The molecule has 136 valence electrons. The van der Waals surface area contributed by atoms with Crippen LogP contribution in [0.25, 0.3) is 0 Å². The number of hydrogen-bond acceptors (Lipinski definition) is 7. The van der Waals surface area contributed by atoms with E-state index in [2.05, 4.69) is 20.7 Å². The number of nitrogens with one attached hydrogen (secondary N) is 1. The van der Waals surface area contributed by atoms with Crippen molar-refractivity contribution in [2.75, 3.05) is 12.4 Å². The lowest BCUT2D eigenvalue weighted by molar-refractivity contribution is -0.115. The molecule has 0 spiro atoms. The van der Waals surface area contributed by atoms with Gasteiger partial charge in [0.15, 0.2) is 0 Å². The fraction of sp³-hybridized carbons (Fsp3) is 0.333. The molecule has 1 aromatic carbocycles. The van der Waals surface area contributed by atoms with E-state index in [4.69, 9.17) is 9.26 Å². The molecule has 0 aliphatic carbocycles. The Kier molecular flexibility index (Phi) is 5.62. The van der Waals surface area contributed by atoms with Gasteiger partial charge in [-0.3, -0.25) is 4.79 Å². The van der Waals surface area contributed by atoms with Gasteiger partial charge in [0, 0.05) is 12.0 Å². The molecule has 8 heteroatoms. The van der Waals surface area contributed by atoms with Gasteiger partial charge in [-0.1, -0.05) is 28.6 Å². The average Bonchev–Trinajstić information content (AvgIpc) is 3.21. The van der Waals surface area contributed by atoms with Crippen LogP contribution in [0.2, 0.25) is 0 Å². The van der Waals surface area contributed by atoms with Gasteiger partial charge in [-0.05, 0) is 38.0 Å². The molecule has 0 radical (unpaired) electrons. The summed E-state index contributed by atoms with van der Waals surface area (Å²) in [5.41, 5.74) is 2.74. The van der Waals surface area contributed by atoms with Crippen LogP contribution >= 0.6 is 11.3 Å². The van der Waals surface area contributed by atoms with E-state index >= 15 is 0 Å². The molecule has 0 saturated heterocycles. The van der Waals surface area contributed by atoms with Gasteiger partial charge < -0.3 is 14.6 Å². The summed E-state index contributed by atoms with van der Waals surface area (Å²) >= 11 is 1.39. The number of hydrogen-bond donors (Lipinski definition) is 1. The molecule has 2 aromatic heterocycles. The second-order valence-corrected chi connectivity index (χ2v) is 6.94. The van der Waals surface area contributed by atoms with Crippen LogP contribution < -0.4 is 10.1 Å². The van der Waals surface area contributed by atoms with Gasteiger partial charge in [0.05, 0.1) is 19.2 Å². The molecule has 0 unspecified atom stereocenters. The first-order chi connectivity index (χ1) is 12.5. The first kappa shape index (κ1) is 18.1. The van der Waals surface area contributed by atoms with E-state index in [0.717, 1.165) is 34.9 Å². The molecule has 1 amide bonds. The molecule has 3 rings (SSSR count). The largest absolute Gasteiger partial charge is 0.497 e. The van der Waals surface area contributed by atoms with Crippen LogP contribution in [0.4, 0.5) is 5.13 Å². The lowest BCUT2D eigenvalue weighted by atomic mass is 10.1. The number of carbonyl (C=O) groups excluding carboxylic acids is 1. The third kappa shape index (κ3) is 4.45. The molecule has 26 heavy (non-hydrogen) atoms. The van der Waals surface area contributed by atoms with Gasteiger partial charge >= 0.3 is 0 Å². The van der Waals surface area contributed by atoms with Crippen LogP contribution in [0.15, 0.2) is 28.8 Å². The average molecular weight is 372 g/mol. The van der Waals surface area contributed by atoms with Crippen molar-refractivity contribution in [1.82, 2.24) is 15.4 Å². The highest BCUT2D eigenvalue weighted by Crippen LogP contribution is 2.19. The monoisotopic (exact) mass is 372 g/mol. The Labute approximate surface area is 155 Å². The summed E-state index contributed by atoms with van der Waals surface area (Å²) in [4.78, 5) is 12.2. The fourth-order valence-corrected chi connectivity index (χ4v) is 3.28. The molecule has 1 N–H and O–H groups in total. The summed E-state index contributed by atoms with van der Waals surface area (Å²) in [5.74, 6) is 1.35. The van der Waals surface area contributed by atoms with Crippen LogP contribution in [0.5, 0.6) is 5.75 Å². The molecule has 7 nitrogen and oxygen atoms in total. The van der Waals surface area contributed by atoms with E-state index in [1.165, 1.54) is 16.9 Å². The van der Waals surface area contributed by atoms with Gasteiger partial charge in [-0.25, -0.2) is 0 Å². The highest BCUT2D eigenvalue weighted by Gasteiger charge is 2.15. The van der Waals surface area contributed by atoms with E-state index in [9.17, 15) is 4.79 Å². The number of aryl methyl sites for hydroxylation is 4. The summed E-state index contributed by atoms with van der Waals surface area (Å²) in [7, 11) is 1.65. The Morgan fingerprint density at radius 2 is 1.96 bits per heavy atom. The lowest BCUT2D eigenvalue weighted by Gasteiger charge is -2.02. The first-order valence-electron chi connectivity index (χ1n) is 8.22. The molecule has 0 atom stereocenters. The fourth-order valence-electron chi connectivity index (χ4n) is 2.53. The Morgan fingerprint density at radius 3 is 2.62 bits per heavy atom. The van der Waals surface area contributed by atoms with Crippen molar-refractivity contribution < 1.29 is 14.1 Å². The lowest BCUT2D eigenvalue weighted by Crippen LogP contribution is -2.15. The SMILES string of the molecule is COc1ccc(CCc2nnc(NC(=O)Cc3c(C)noc3C)s2)cc1. The van der Waals surface area contributed by atoms with E-state index in [-0.39, 0.29) is 12.3 Å². The third-order valence-corrected chi connectivity index (χ3v) is 4.92. The summed E-state index contributed by atoms with van der Waals surface area (Å²) in [6, 6.07) is 7.95. The predicted molar refractivity (Wildman–Crippen MR) is 98.6 cm³/mol. The Bertz CT molecular complexity index is 867. The number of methoxy groups -OCH3 is 1. The van der Waals surface area contributed by atoms with Crippen molar-refractivity contribution in [2.24, 2.45) is 0 Å². The molecule has 3 aromatic rings. The number of amides is 1. The smallest absolute Gasteiger partial charge is 0.230 e. The minimum absolute atomic E-state index is 0.155. The molecule has 2 heterocycles. The zero-order valence-corrected chi connectivity index (χ0v) is 15.7. The normalized spacial score (nSPS) is 10.7. The van der Waals surface area contributed by atoms with Crippen LogP contribution in [0.3, 0.4) is 0 Å². The zero-order valence-electron chi connectivity index (χ0n) is 14.9. The number of benzene rings is 1. The molecule has 0 aliphatic rings. The summed E-state index contributed by atoms with van der Waals surface area (Å²) in [5, 5.41) is 16.2. The molecular weight excluding hydrogens is 352 g/mol. The van der Waals surface area contributed by atoms with Crippen molar-refractivity contribution in [3.8, 4) is 5.75 Å². The zero-order chi connectivity index (χ0) is 18.5. The quantitative estimate of drug-likeness (QED) is 0.685. The van der Waals surface area contributed by atoms with Crippen LogP contribution in [-0.2, 0) is 24.1 Å². The predicted octanol–water partition coefficient (Wildman–Crippen LogP) is 3.12. The molecule has 0 saturated carbocycles.